The molecule has 0 radical (unpaired) electrons. The van der Waals surface area contributed by atoms with Gasteiger partial charge in [-0.1, -0.05) is 13.8 Å². The van der Waals surface area contributed by atoms with Gasteiger partial charge in [0.2, 0.25) is 5.92 Å². The lowest BCUT2D eigenvalue weighted by Gasteiger charge is -2.25. The van der Waals surface area contributed by atoms with E-state index in [2.05, 4.69) is 0 Å². The van der Waals surface area contributed by atoms with Crippen molar-refractivity contribution in [2.24, 2.45) is 17.8 Å². The van der Waals surface area contributed by atoms with Crippen molar-refractivity contribution in [2.75, 3.05) is 13.6 Å². The van der Waals surface area contributed by atoms with Gasteiger partial charge in [0.1, 0.15) is 0 Å². The Bertz CT molecular complexity index is 303. The molecule has 0 bridgehead atoms. The zero-order chi connectivity index (χ0) is 12.1. The van der Waals surface area contributed by atoms with E-state index in [0.29, 0.717) is 6.54 Å². The average Bonchev–Trinajstić information content (AvgIpc) is 2.54. The van der Waals surface area contributed by atoms with Crippen molar-refractivity contribution in [3.63, 3.8) is 0 Å². The van der Waals surface area contributed by atoms with Crippen LogP contribution in [0.15, 0.2) is 0 Å². The van der Waals surface area contributed by atoms with Gasteiger partial charge in [0, 0.05) is 25.3 Å². The Labute approximate surface area is 95.0 Å². The van der Waals surface area contributed by atoms with E-state index in [1.807, 2.05) is 25.8 Å². The van der Waals surface area contributed by atoms with Gasteiger partial charge in [-0.05, 0) is 18.9 Å². The molecule has 0 aromatic rings. The summed E-state index contributed by atoms with van der Waals surface area (Å²) in [7, 11) is 1.88. The Morgan fingerprint density at radius 3 is 2.56 bits per heavy atom. The van der Waals surface area contributed by atoms with Crippen molar-refractivity contribution in [1.29, 1.82) is 0 Å². The Balaban J connectivity index is 2.17. The van der Waals surface area contributed by atoms with Crippen molar-refractivity contribution in [1.82, 2.24) is 4.90 Å². The van der Waals surface area contributed by atoms with Crippen LogP contribution in [-0.4, -0.2) is 36.2 Å². The van der Waals surface area contributed by atoms with Gasteiger partial charge < -0.3 is 0 Å². The maximum Gasteiger partial charge on any atom is 0.248 e. The number of likely N-dealkylation sites (N-methyl/N-ethyl adjacent to an activating group) is 1. The predicted molar refractivity (Wildman–Crippen MR) is 57.4 cm³/mol. The van der Waals surface area contributed by atoms with E-state index in [4.69, 9.17) is 0 Å². The second-order valence-electron chi connectivity index (χ2n) is 5.63. The minimum absolute atomic E-state index is 0.00713. The Morgan fingerprint density at radius 1 is 1.38 bits per heavy atom. The normalized spacial score (nSPS) is 38.0. The summed E-state index contributed by atoms with van der Waals surface area (Å²) >= 11 is 0. The predicted octanol–water partition coefficient (Wildman–Crippen LogP) is 2.19. The summed E-state index contributed by atoms with van der Waals surface area (Å²) in [6, 6.07) is -0.279. The smallest absolute Gasteiger partial charge is 0.248 e. The first-order chi connectivity index (χ1) is 7.32. The quantitative estimate of drug-likeness (QED) is 0.726. The first-order valence-electron chi connectivity index (χ1n) is 5.93. The summed E-state index contributed by atoms with van der Waals surface area (Å²) in [5, 5.41) is 0. The second-order valence-corrected chi connectivity index (χ2v) is 5.63. The third kappa shape index (κ3) is 1.88. The molecule has 16 heavy (non-hydrogen) atoms. The van der Waals surface area contributed by atoms with E-state index in [1.54, 1.807) is 0 Å². The van der Waals surface area contributed by atoms with Crippen molar-refractivity contribution in [3.8, 4) is 0 Å². The van der Waals surface area contributed by atoms with Gasteiger partial charge in [-0.3, -0.25) is 9.69 Å². The zero-order valence-corrected chi connectivity index (χ0v) is 10.0. The number of carbonyl (C=O) groups is 1. The van der Waals surface area contributed by atoms with Crippen LogP contribution in [0, 0.1) is 17.8 Å². The van der Waals surface area contributed by atoms with E-state index in [-0.39, 0.29) is 42.4 Å². The van der Waals surface area contributed by atoms with Crippen LogP contribution in [0.3, 0.4) is 0 Å². The number of halogens is 2. The SMILES string of the molecule is CC(C)C(=O)C1[C@H]2CC(F)(F)C[C@H]2CN1C. The fraction of sp³-hybridized carbons (Fsp3) is 0.917. The van der Waals surface area contributed by atoms with Crippen LogP contribution in [0.2, 0.25) is 0 Å². The van der Waals surface area contributed by atoms with E-state index < -0.39 is 5.92 Å². The van der Waals surface area contributed by atoms with Gasteiger partial charge in [-0.25, -0.2) is 8.78 Å². The van der Waals surface area contributed by atoms with E-state index in [0.717, 1.165) is 0 Å². The number of hydrogen-bond donors (Lipinski definition) is 0. The molecule has 0 amide bonds. The summed E-state index contributed by atoms with van der Waals surface area (Å²) in [4.78, 5) is 14.0. The molecule has 2 fully saturated rings. The number of carbonyl (C=O) groups excluding carboxylic acids is 1. The number of hydrogen-bond acceptors (Lipinski definition) is 2. The zero-order valence-electron chi connectivity index (χ0n) is 10.0. The van der Waals surface area contributed by atoms with E-state index in [1.165, 1.54) is 0 Å². The van der Waals surface area contributed by atoms with Crippen molar-refractivity contribution in [3.05, 3.63) is 0 Å². The molecule has 0 spiro atoms. The van der Waals surface area contributed by atoms with Gasteiger partial charge in [-0.15, -0.1) is 0 Å². The molecule has 2 rings (SSSR count). The first-order valence-corrected chi connectivity index (χ1v) is 5.93. The Kier molecular flexibility index (Phi) is 2.81. The summed E-state index contributed by atoms with van der Waals surface area (Å²) in [5.74, 6) is -2.62. The lowest BCUT2D eigenvalue weighted by Crippen LogP contribution is -2.40. The number of alkyl halides is 2. The second kappa shape index (κ2) is 3.76. The molecule has 2 nitrogen and oxygen atoms in total. The van der Waals surface area contributed by atoms with Crippen LogP contribution >= 0.6 is 0 Å². The number of fused-ring (bicyclic) bond motifs is 1. The lowest BCUT2D eigenvalue weighted by molar-refractivity contribution is -0.127. The van der Waals surface area contributed by atoms with Gasteiger partial charge in [0.05, 0.1) is 6.04 Å². The van der Waals surface area contributed by atoms with Crippen LogP contribution in [0.25, 0.3) is 0 Å². The molecule has 1 saturated heterocycles. The minimum Gasteiger partial charge on any atom is -0.298 e. The van der Waals surface area contributed by atoms with Gasteiger partial charge >= 0.3 is 0 Å². The summed E-state index contributed by atoms with van der Waals surface area (Å²) < 4.78 is 26.6. The van der Waals surface area contributed by atoms with Crippen LogP contribution in [0.5, 0.6) is 0 Å². The highest BCUT2D eigenvalue weighted by Gasteiger charge is 2.55. The van der Waals surface area contributed by atoms with Crippen LogP contribution in [0.1, 0.15) is 26.7 Å². The summed E-state index contributed by atoms with van der Waals surface area (Å²) in [6.07, 6.45) is -0.144. The largest absolute Gasteiger partial charge is 0.298 e. The number of rotatable bonds is 2. The fourth-order valence-electron chi connectivity index (χ4n) is 3.28. The van der Waals surface area contributed by atoms with E-state index in [9.17, 15) is 13.6 Å². The maximum atomic E-state index is 13.3. The molecule has 1 unspecified atom stereocenters. The molecule has 0 aromatic carbocycles. The standard InChI is InChI=1S/C12H19F2NO/c1-7(2)11(16)10-9-5-12(13,14)4-8(9)6-15(10)3/h7-10H,4-6H2,1-3H3/t8-,9-,10?/m0/s1. The summed E-state index contributed by atoms with van der Waals surface area (Å²) in [5.41, 5.74) is 0. The van der Waals surface area contributed by atoms with E-state index >= 15 is 0 Å². The van der Waals surface area contributed by atoms with Crippen molar-refractivity contribution in [2.45, 2.75) is 38.7 Å². The molecule has 1 saturated carbocycles. The molecule has 0 aromatic heterocycles. The topological polar surface area (TPSA) is 20.3 Å². The highest BCUT2D eigenvalue weighted by Crippen LogP contribution is 2.49. The highest BCUT2D eigenvalue weighted by molar-refractivity contribution is 5.86. The Morgan fingerprint density at radius 2 is 2.00 bits per heavy atom. The van der Waals surface area contributed by atoms with Crippen LogP contribution < -0.4 is 0 Å². The number of ketones is 1. The monoisotopic (exact) mass is 231 g/mol. The third-order valence-corrected chi connectivity index (χ3v) is 3.96. The third-order valence-electron chi connectivity index (χ3n) is 3.96. The first kappa shape index (κ1) is 12.0. The number of likely N-dealkylation sites (tertiary alicyclic amines) is 1. The molecule has 1 aliphatic heterocycles. The fourth-order valence-corrected chi connectivity index (χ4v) is 3.28. The molecule has 2 aliphatic rings. The van der Waals surface area contributed by atoms with Crippen molar-refractivity contribution >= 4 is 5.78 Å². The highest BCUT2D eigenvalue weighted by atomic mass is 19.3. The molecule has 1 aliphatic carbocycles. The molecular formula is C12H19F2NO. The van der Waals surface area contributed by atoms with Gasteiger partial charge in [0.15, 0.2) is 5.78 Å². The molecule has 3 atom stereocenters. The number of Topliss-reactive ketones (excluding diaryl/α,β-unsaturated/α-hetero) is 1. The summed E-state index contributed by atoms with van der Waals surface area (Å²) in [6.45, 7) is 4.33. The average molecular weight is 231 g/mol. The Hall–Kier alpha value is -0.510. The molecule has 92 valence electrons. The minimum atomic E-state index is -2.55. The van der Waals surface area contributed by atoms with Crippen LogP contribution in [-0.2, 0) is 4.79 Å². The van der Waals surface area contributed by atoms with Crippen molar-refractivity contribution < 1.29 is 13.6 Å². The molecule has 0 N–H and O–H groups in total. The number of nitrogens with zero attached hydrogens (tertiary/aromatic N) is 1. The maximum absolute atomic E-state index is 13.3. The molecule has 4 heteroatoms. The molecule has 1 heterocycles. The van der Waals surface area contributed by atoms with Gasteiger partial charge in [0.25, 0.3) is 0 Å². The van der Waals surface area contributed by atoms with Crippen LogP contribution in [0.4, 0.5) is 8.78 Å². The molecular weight excluding hydrogens is 212 g/mol. The lowest BCUT2D eigenvalue weighted by atomic mass is 9.88. The van der Waals surface area contributed by atoms with Gasteiger partial charge in [-0.2, -0.15) is 0 Å².